The number of carbonyl (C=O) groups is 2. The quantitative estimate of drug-likeness (QED) is 0.518. The molecule has 7 heteroatoms. The zero-order valence-electron chi connectivity index (χ0n) is 15.3. The van der Waals surface area contributed by atoms with E-state index in [9.17, 15) is 9.59 Å². The highest BCUT2D eigenvalue weighted by atomic mass is 35.5. The van der Waals surface area contributed by atoms with Crippen LogP contribution in [0.15, 0.2) is 72.8 Å². The molecular formula is C22H18Cl2N2O3. The van der Waals surface area contributed by atoms with Gasteiger partial charge in [0.1, 0.15) is 5.75 Å². The van der Waals surface area contributed by atoms with Gasteiger partial charge in [-0.05, 0) is 42.5 Å². The van der Waals surface area contributed by atoms with Crippen molar-refractivity contribution in [1.82, 2.24) is 5.32 Å². The molecule has 0 spiro atoms. The highest BCUT2D eigenvalue weighted by Gasteiger charge is 2.12. The van der Waals surface area contributed by atoms with Crippen molar-refractivity contribution in [3.8, 4) is 11.5 Å². The number of nitrogens with one attached hydrogen (secondary N) is 2. The van der Waals surface area contributed by atoms with E-state index in [1.807, 2.05) is 30.3 Å². The molecular weight excluding hydrogens is 411 g/mol. The van der Waals surface area contributed by atoms with E-state index >= 15 is 0 Å². The van der Waals surface area contributed by atoms with Crippen LogP contribution in [0.2, 0.25) is 10.0 Å². The first-order valence-corrected chi connectivity index (χ1v) is 9.63. The van der Waals surface area contributed by atoms with Crippen LogP contribution in [0.4, 0.5) is 5.69 Å². The second kappa shape index (κ2) is 9.96. The molecule has 0 aliphatic rings. The van der Waals surface area contributed by atoms with Gasteiger partial charge in [-0.3, -0.25) is 9.59 Å². The van der Waals surface area contributed by atoms with Crippen LogP contribution in [0.5, 0.6) is 11.5 Å². The summed E-state index contributed by atoms with van der Waals surface area (Å²) in [6.45, 7) is 0.158. The third-order valence-corrected chi connectivity index (χ3v) is 4.51. The molecule has 0 radical (unpaired) electrons. The number of ether oxygens (including phenoxy) is 1. The number of hydrogen-bond acceptors (Lipinski definition) is 3. The van der Waals surface area contributed by atoms with Gasteiger partial charge >= 0.3 is 0 Å². The first-order chi connectivity index (χ1) is 14.0. The lowest BCUT2D eigenvalue weighted by atomic mass is 10.2. The van der Waals surface area contributed by atoms with Crippen LogP contribution in [0, 0.1) is 0 Å². The van der Waals surface area contributed by atoms with Gasteiger partial charge in [-0.25, -0.2) is 0 Å². The molecule has 0 aliphatic heterocycles. The van der Waals surface area contributed by atoms with Crippen molar-refractivity contribution in [1.29, 1.82) is 0 Å². The molecule has 2 amide bonds. The Labute approximate surface area is 178 Å². The first kappa shape index (κ1) is 20.7. The summed E-state index contributed by atoms with van der Waals surface area (Å²) in [5.74, 6) is 0.482. The van der Waals surface area contributed by atoms with Crippen molar-refractivity contribution >= 4 is 40.7 Å². The molecule has 0 aliphatic carbocycles. The Morgan fingerprint density at radius 3 is 2.38 bits per heavy atom. The van der Waals surface area contributed by atoms with E-state index in [4.69, 9.17) is 27.9 Å². The molecule has 0 bridgehead atoms. The second-order valence-electron chi connectivity index (χ2n) is 6.09. The maximum Gasteiger partial charge on any atom is 0.252 e. The molecule has 0 fully saturated rings. The summed E-state index contributed by atoms with van der Waals surface area (Å²) < 4.78 is 5.82. The molecule has 5 nitrogen and oxygen atoms in total. The summed E-state index contributed by atoms with van der Waals surface area (Å²) in [6, 6.07) is 20.9. The van der Waals surface area contributed by atoms with E-state index < -0.39 is 0 Å². The van der Waals surface area contributed by atoms with Crippen LogP contribution >= 0.6 is 23.2 Å². The maximum atomic E-state index is 12.3. The van der Waals surface area contributed by atoms with Crippen LogP contribution in [0.3, 0.4) is 0 Å². The minimum absolute atomic E-state index is 0.0769. The van der Waals surface area contributed by atoms with Crippen molar-refractivity contribution in [2.75, 3.05) is 11.9 Å². The number of benzene rings is 3. The number of halogens is 2. The number of amides is 2. The Bertz CT molecular complexity index is 1010. The molecule has 0 saturated carbocycles. The third-order valence-electron chi connectivity index (χ3n) is 3.94. The molecule has 29 heavy (non-hydrogen) atoms. The van der Waals surface area contributed by atoms with Crippen molar-refractivity contribution in [3.05, 3.63) is 88.4 Å². The van der Waals surface area contributed by atoms with Gasteiger partial charge < -0.3 is 15.4 Å². The fourth-order valence-electron chi connectivity index (χ4n) is 2.55. The van der Waals surface area contributed by atoms with E-state index in [2.05, 4.69) is 10.6 Å². The SMILES string of the molecule is O=C(CCNC(=O)c1ccccc1Cl)Nc1cc(Cl)ccc1Oc1ccccc1. The maximum absolute atomic E-state index is 12.3. The van der Waals surface area contributed by atoms with Crippen LogP contribution in [0.1, 0.15) is 16.8 Å². The van der Waals surface area contributed by atoms with Crippen molar-refractivity contribution < 1.29 is 14.3 Å². The molecule has 3 aromatic carbocycles. The molecule has 0 aromatic heterocycles. The Hall–Kier alpha value is -3.02. The lowest BCUT2D eigenvalue weighted by Crippen LogP contribution is -2.27. The molecule has 0 saturated heterocycles. The van der Waals surface area contributed by atoms with Gasteiger partial charge in [-0.2, -0.15) is 0 Å². The average Bonchev–Trinajstić information content (AvgIpc) is 2.71. The Morgan fingerprint density at radius 2 is 1.62 bits per heavy atom. The summed E-state index contributed by atoms with van der Waals surface area (Å²) in [5.41, 5.74) is 0.812. The second-order valence-corrected chi connectivity index (χ2v) is 6.93. The van der Waals surface area contributed by atoms with E-state index in [0.29, 0.717) is 32.8 Å². The fourth-order valence-corrected chi connectivity index (χ4v) is 2.94. The number of para-hydroxylation sites is 1. The van der Waals surface area contributed by atoms with Crippen molar-refractivity contribution in [2.24, 2.45) is 0 Å². The minimum atomic E-state index is -0.334. The molecule has 2 N–H and O–H groups in total. The summed E-state index contributed by atoms with van der Waals surface area (Å²) in [6.07, 6.45) is 0.0769. The zero-order valence-corrected chi connectivity index (χ0v) is 16.8. The van der Waals surface area contributed by atoms with Crippen LogP contribution in [-0.4, -0.2) is 18.4 Å². The topological polar surface area (TPSA) is 67.4 Å². The van der Waals surface area contributed by atoms with Gasteiger partial charge in [0.05, 0.1) is 16.3 Å². The largest absolute Gasteiger partial charge is 0.455 e. The molecule has 0 heterocycles. The number of anilines is 1. The number of rotatable bonds is 7. The van der Waals surface area contributed by atoms with Crippen LogP contribution in [-0.2, 0) is 4.79 Å². The lowest BCUT2D eigenvalue weighted by molar-refractivity contribution is -0.116. The standard InChI is InChI=1S/C22H18Cl2N2O3/c23-15-10-11-20(29-16-6-2-1-3-7-16)19(14-15)26-21(27)12-13-25-22(28)17-8-4-5-9-18(17)24/h1-11,14H,12-13H2,(H,25,28)(H,26,27). The summed E-state index contributed by atoms with van der Waals surface area (Å²) in [4.78, 5) is 24.5. The molecule has 0 unspecified atom stereocenters. The van der Waals surface area contributed by atoms with Crippen LogP contribution in [0.25, 0.3) is 0 Å². The van der Waals surface area contributed by atoms with Gasteiger partial charge in [0.2, 0.25) is 5.91 Å². The monoisotopic (exact) mass is 428 g/mol. The predicted molar refractivity (Wildman–Crippen MR) is 115 cm³/mol. The fraction of sp³-hybridized carbons (Fsp3) is 0.0909. The van der Waals surface area contributed by atoms with Crippen molar-refractivity contribution in [3.63, 3.8) is 0 Å². The van der Waals surface area contributed by atoms with Gasteiger partial charge in [0.15, 0.2) is 5.75 Å². The highest BCUT2D eigenvalue weighted by Crippen LogP contribution is 2.32. The van der Waals surface area contributed by atoms with E-state index in [-0.39, 0.29) is 24.8 Å². The van der Waals surface area contributed by atoms with Gasteiger partial charge in [-0.15, -0.1) is 0 Å². The van der Waals surface area contributed by atoms with Crippen LogP contribution < -0.4 is 15.4 Å². The summed E-state index contributed by atoms with van der Waals surface area (Å²) in [7, 11) is 0. The molecule has 3 rings (SSSR count). The molecule has 148 valence electrons. The Balaban J connectivity index is 1.58. The predicted octanol–water partition coefficient (Wildman–Crippen LogP) is 5.54. The Kier molecular flexibility index (Phi) is 7.11. The van der Waals surface area contributed by atoms with Gasteiger partial charge in [0, 0.05) is 18.0 Å². The molecule has 3 aromatic rings. The number of carbonyl (C=O) groups excluding carboxylic acids is 2. The van der Waals surface area contributed by atoms with E-state index in [0.717, 1.165) is 0 Å². The number of hydrogen-bond donors (Lipinski definition) is 2. The normalized spacial score (nSPS) is 10.3. The van der Waals surface area contributed by atoms with Gasteiger partial charge in [0.25, 0.3) is 5.91 Å². The zero-order chi connectivity index (χ0) is 20.6. The first-order valence-electron chi connectivity index (χ1n) is 8.88. The lowest BCUT2D eigenvalue weighted by Gasteiger charge is -2.13. The molecule has 0 atom stereocenters. The van der Waals surface area contributed by atoms with E-state index in [1.54, 1.807) is 42.5 Å². The minimum Gasteiger partial charge on any atom is -0.455 e. The Morgan fingerprint density at radius 1 is 0.897 bits per heavy atom. The van der Waals surface area contributed by atoms with E-state index in [1.165, 1.54) is 0 Å². The summed E-state index contributed by atoms with van der Waals surface area (Å²) in [5, 5.41) is 6.27. The third kappa shape index (κ3) is 5.98. The smallest absolute Gasteiger partial charge is 0.252 e. The summed E-state index contributed by atoms with van der Waals surface area (Å²) >= 11 is 12.1. The van der Waals surface area contributed by atoms with Gasteiger partial charge in [-0.1, -0.05) is 53.5 Å². The highest BCUT2D eigenvalue weighted by molar-refractivity contribution is 6.33. The van der Waals surface area contributed by atoms with Crippen molar-refractivity contribution in [2.45, 2.75) is 6.42 Å². The average molecular weight is 429 g/mol.